The summed E-state index contributed by atoms with van der Waals surface area (Å²) < 4.78 is 0. The van der Waals surface area contributed by atoms with Gasteiger partial charge in [0.1, 0.15) is 0 Å². The molecule has 5 nitrogen and oxygen atoms in total. The van der Waals surface area contributed by atoms with Gasteiger partial charge in [0.15, 0.2) is 0 Å². The van der Waals surface area contributed by atoms with Crippen molar-refractivity contribution in [3.8, 4) is 0 Å². The van der Waals surface area contributed by atoms with Crippen LogP contribution in [0.3, 0.4) is 0 Å². The van der Waals surface area contributed by atoms with E-state index < -0.39 is 0 Å². The van der Waals surface area contributed by atoms with E-state index in [9.17, 15) is 9.59 Å². The van der Waals surface area contributed by atoms with Crippen LogP contribution in [-0.2, 0) is 11.2 Å². The maximum atomic E-state index is 12.7. The molecule has 2 amide bonds. The fraction of sp³-hybridized carbons (Fsp3) is 0.167. The van der Waals surface area contributed by atoms with Crippen LogP contribution in [-0.4, -0.2) is 32.0 Å². The molecule has 2 N–H and O–H groups in total. The second-order valence-electron chi connectivity index (χ2n) is 6.72. The molecular weight excluding hydrogens is 362 g/mol. The topological polar surface area (TPSA) is 61.4 Å². The quantitative estimate of drug-likeness (QED) is 0.619. The van der Waals surface area contributed by atoms with Gasteiger partial charge in [-0.2, -0.15) is 0 Å². The van der Waals surface area contributed by atoms with Gasteiger partial charge in [0.05, 0.1) is 6.54 Å². The van der Waals surface area contributed by atoms with Crippen LogP contribution in [0.4, 0.5) is 11.4 Å². The fourth-order valence-electron chi connectivity index (χ4n) is 2.96. The average molecular weight is 387 g/mol. The van der Waals surface area contributed by atoms with Gasteiger partial charge in [-0.3, -0.25) is 9.59 Å². The van der Waals surface area contributed by atoms with Crippen molar-refractivity contribution in [3.63, 3.8) is 0 Å². The highest BCUT2D eigenvalue weighted by Crippen LogP contribution is 2.17. The van der Waals surface area contributed by atoms with E-state index in [2.05, 4.69) is 10.6 Å². The Morgan fingerprint density at radius 2 is 1.55 bits per heavy atom. The first kappa shape index (κ1) is 20.1. The van der Waals surface area contributed by atoms with Gasteiger partial charge >= 0.3 is 0 Å². The molecule has 3 aromatic carbocycles. The maximum Gasteiger partial charge on any atom is 0.258 e. The molecule has 0 heterocycles. The first-order valence-electron chi connectivity index (χ1n) is 9.61. The molecule has 0 saturated carbocycles. The minimum atomic E-state index is -0.104. The molecule has 0 fully saturated rings. The summed E-state index contributed by atoms with van der Waals surface area (Å²) in [5.74, 6) is -0.189. The number of nitrogens with one attached hydrogen (secondary N) is 2. The number of para-hydroxylation sites is 1. The molecule has 5 heteroatoms. The van der Waals surface area contributed by atoms with E-state index >= 15 is 0 Å². The second-order valence-corrected chi connectivity index (χ2v) is 6.72. The summed E-state index contributed by atoms with van der Waals surface area (Å²) in [4.78, 5) is 26.4. The standard InChI is InChI=1S/C24H25N3O2/c1-27(22-13-6-3-7-14-22)24(29)20-11-8-12-21(17-20)26-18-23(28)25-16-15-19-9-4-2-5-10-19/h2-14,17,26H,15-16,18H2,1H3,(H,25,28). The van der Waals surface area contributed by atoms with E-state index in [0.717, 1.165) is 17.8 Å². The Balaban J connectivity index is 1.50. The number of carbonyl (C=O) groups excluding carboxylic acids is 2. The Morgan fingerprint density at radius 1 is 0.862 bits per heavy atom. The number of hydrogen-bond donors (Lipinski definition) is 2. The SMILES string of the molecule is CN(C(=O)c1cccc(NCC(=O)NCCc2ccccc2)c1)c1ccccc1. The molecule has 148 valence electrons. The molecule has 0 spiro atoms. The van der Waals surface area contributed by atoms with E-state index in [-0.39, 0.29) is 18.4 Å². The largest absolute Gasteiger partial charge is 0.376 e. The molecule has 0 aliphatic carbocycles. The van der Waals surface area contributed by atoms with Crippen molar-refractivity contribution < 1.29 is 9.59 Å². The molecule has 3 rings (SSSR count). The van der Waals surface area contributed by atoms with E-state index in [1.165, 1.54) is 5.56 Å². The minimum Gasteiger partial charge on any atom is -0.376 e. The predicted octanol–water partition coefficient (Wildman–Crippen LogP) is 3.73. The smallest absolute Gasteiger partial charge is 0.258 e. The van der Waals surface area contributed by atoms with E-state index in [1.807, 2.05) is 72.8 Å². The van der Waals surface area contributed by atoms with Crippen LogP contribution in [0, 0.1) is 0 Å². The third-order valence-electron chi connectivity index (χ3n) is 4.59. The lowest BCUT2D eigenvalue weighted by Crippen LogP contribution is -2.31. The van der Waals surface area contributed by atoms with Gasteiger partial charge in [-0.05, 0) is 42.3 Å². The molecule has 0 aliphatic rings. The van der Waals surface area contributed by atoms with Gasteiger partial charge < -0.3 is 15.5 Å². The van der Waals surface area contributed by atoms with Crippen molar-refractivity contribution in [2.24, 2.45) is 0 Å². The highest BCUT2D eigenvalue weighted by Gasteiger charge is 2.13. The van der Waals surface area contributed by atoms with Crippen molar-refractivity contribution in [1.82, 2.24) is 5.32 Å². The summed E-state index contributed by atoms with van der Waals surface area (Å²) in [5, 5.41) is 5.99. The lowest BCUT2D eigenvalue weighted by molar-refractivity contribution is -0.119. The van der Waals surface area contributed by atoms with Crippen LogP contribution in [0.2, 0.25) is 0 Å². The first-order valence-corrected chi connectivity index (χ1v) is 9.61. The van der Waals surface area contributed by atoms with Crippen LogP contribution in [0.1, 0.15) is 15.9 Å². The lowest BCUT2D eigenvalue weighted by atomic mass is 10.1. The summed E-state index contributed by atoms with van der Waals surface area (Å²) in [5.41, 5.74) is 3.31. The molecule has 3 aromatic rings. The van der Waals surface area contributed by atoms with Gasteiger partial charge in [0, 0.05) is 30.5 Å². The molecule has 29 heavy (non-hydrogen) atoms. The van der Waals surface area contributed by atoms with E-state index in [0.29, 0.717) is 12.1 Å². The highest BCUT2D eigenvalue weighted by molar-refractivity contribution is 6.06. The number of nitrogens with zero attached hydrogens (tertiary/aromatic N) is 1. The van der Waals surface area contributed by atoms with Gasteiger partial charge in [-0.1, -0.05) is 54.6 Å². The number of benzene rings is 3. The fourth-order valence-corrected chi connectivity index (χ4v) is 2.96. The third-order valence-corrected chi connectivity index (χ3v) is 4.59. The van der Waals surface area contributed by atoms with Crippen LogP contribution in [0.15, 0.2) is 84.9 Å². The highest BCUT2D eigenvalue weighted by atomic mass is 16.2. The van der Waals surface area contributed by atoms with Crippen LogP contribution >= 0.6 is 0 Å². The average Bonchev–Trinajstić information content (AvgIpc) is 2.78. The van der Waals surface area contributed by atoms with Crippen molar-refractivity contribution in [2.75, 3.05) is 30.4 Å². The summed E-state index contributed by atoms with van der Waals surface area (Å²) in [6.07, 6.45) is 0.794. The zero-order chi connectivity index (χ0) is 20.5. The van der Waals surface area contributed by atoms with Gasteiger partial charge in [0.25, 0.3) is 5.91 Å². The molecule has 0 aliphatic heterocycles. The maximum absolute atomic E-state index is 12.7. The van der Waals surface area contributed by atoms with E-state index in [4.69, 9.17) is 0 Å². The molecular formula is C24H25N3O2. The summed E-state index contributed by atoms with van der Waals surface area (Å²) in [6, 6.07) is 26.7. The van der Waals surface area contributed by atoms with Crippen LogP contribution in [0.5, 0.6) is 0 Å². The summed E-state index contributed by atoms with van der Waals surface area (Å²) >= 11 is 0. The minimum absolute atomic E-state index is 0.0842. The van der Waals surface area contributed by atoms with E-state index in [1.54, 1.807) is 24.1 Å². The second kappa shape index (κ2) is 10.1. The van der Waals surface area contributed by atoms with Gasteiger partial charge in [-0.25, -0.2) is 0 Å². The number of rotatable bonds is 8. The van der Waals surface area contributed by atoms with Crippen molar-refractivity contribution >= 4 is 23.2 Å². The Hall–Kier alpha value is -3.60. The molecule has 0 unspecified atom stereocenters. The third kappa shape index (κ3) is 5.94. The Morgan fingerprint density at radius 3 is 2.28 bits per heavy atom. The monoisotopic (exact) mass is 387 g/mol. The molecule has 0 bridgehead atoms. The van der Waals surface area contributed by atoms with Crippen molar-refractivity contribution in [3.05, 3.63) is 96.1 Å². The summed E-state index contributed by atoms with van der Waals surface area (Å²) in [7, 11) is 1.75. The number of carbonyl (C=O) groups is 2. The van der Waals surface area contributed by atoms with Crippen LogP contribution in [0.25, 0.3) is 0 Å². The Bertz CT molecular complexity index is 943. The number of hydrogen-bond acceptors (Lipinski definition) is 3. The van der Waals surface area contributed by atoms with Crippen LogP contribution < -0.4 is 15.5 Å². The molecule has 0 saturated heterocycles. The zero-order valence-corrected chi connectivity index (χ0v) is 16.5. The number of amides is 2. The Kier molecular flexibility index (Phi) is 7.00. The normalized spacial score (nSPS) is 10.2. The zero-order valence-electron chi connectivity index (χ0n) is 16.5. The summed E-state index contributed by atoms with van der Waals surface area (Å²) in [6.45, 7) is 0.742. The lowest BCUT2D eigenvalue weighted by Gasteiger charge is -2.18. The van der Waals surface area contributed by atoms with Crippen molar-refractivity contribution in [1.29, 1.82) is 0 Å². The molecule has 0 atom stereocenters. The van der Waals surface area contributed by atoms with Crippen molar-refractivity contribution in [2.45, 2.75) is 6.42 Å². The predicted molar refractivity (Wildman–Crippen MR) is 117 cm³/mol. The number of anilines is 2. The Labute approximate surface area is 171 Å². The van der Waals surface area contributed by atoms with Gasteiger partial charge in [0.2, 0.25) is 5.91 Å². The molecule has 0 aromatic heterocycles. The molecule has 0 radical (unpaired) electrons. The first-order chi connectivity index (χ1) is 14.1. The van der Waals surface area contributed by atoms with Gasteiger partial charge in [-0.15, -0.1) is 0 Å².